The summed E-state index contributed by atoms with van der Waals surface area (Å²) in [5.41, 5.74) is 2.25. The molecule has 1 amide bonds. The Bertz CT molecular complexity index is 1280. The van der Waals surface area contributed by atoms with Gasteiger partial charge in [0.05, 0.1) is 30.9 Å². The van der Waals surface area contributed by atoms with Crippen LogP contribution in [0.1, 0.15) is 36.2 Å². The molecular weight excluding hydrogens is 470 g/mol. The second kappa shape index (κ2) is 9.81. The molecule has 3 aromatic rings. The van der Waals surface area contributed by atoms with Crippen LogP contribution in [-0.2, 0) is 9.53 Å². The first-order valence-electron chi connectivity index (χ1n) is 11.9. The van der Waals surface area contributed by atoms with E-state index in [4.69, 9.17) is 4.74 Å². The first-order chi connectivity index (χ1) is 17.3. The van der Waals surface area contributed by atoms with Gasteiger partial charge >= 0.3 is 0 Å². The standard InChI is InChI=1S/C25H28F2N6O3/c1-14(16-4-3-5-17(10-16)22(26)27)28-23-19-11-20(24(34)29-21(19)15(2)30-31-23)32-6-8-33(9-7-32)25(35)18-12-36-13-18/h3-5,10-11,14,18,22H,6-9,12-13H2,1-2H3,(H,28,31)(H,29,34)/t14-/m1/s1. The Kier molecular flexibility index (Phi) is 6.57. The zero-order chi connectivity index (χ0) is 25.4. The van der Waals surface area contributed by atoms with Gasteiger partial charge in [0.15, 0.2) is 5.82 Å². The first-order valence-corrected chi connectivity index (χ1v) is 11.9. The van der Waals surface area contributed by atoms with E-state index < -0.39 is 6.43 Å². The predicted molar refractivity (Wildman–Crippen MR) is 130 cm³/mol. The molecule has 2 aromatic heterocycles. The Morgan fingerprint density at radius 2 is 1.86 bits per heavy atom. The molecule has 9 nitrogen and oxygen atoms in total. The number of nitrogens with zero attached hydrogens (tertiary/aromatic N) is 5. The highest BCUT2D eigenvalue weighted by atomic mass is 19.3. The number of carbonyl (C=O) groups is 1. The third kappa shape index (κ3) is 4.62. The van der Waals surface area contributed by atoms with Gasteiger partial charge in [-0.25, -0.2) is 13.8 Å². The van der Waals surface area contributed by atoms with Crippen LogP contribution in [-0.4, -0.2) is 70.5 Å². The van der Waals surface area contributed by atoms with E-state index in [0.717, 1.165) is 0 Å². The third-order valence-corrected chi connectivity index (χ3v) is 6.82. The van der Waals surface area contributed by atoms with Crippen LogP contribution in [0, 0.1) is 12.8 Å². The highest BCUT2D eigenvalue weighted by Gasteiger charge is 2.33. The number of halogens is 2. The molecular formula is C25H28F2N6O3. The molecule has 36 heavy (non-hydrogen) atoms. The van der Waals surface area contributed by atoms with Gasteiger partial charge in [-0.05, 0) is 31.5 Å². The molecule has 0 unspecified atom stereocenters. The molecule has 2 fully saturated rings. The van der Waals surface area contributed by atoms with Crippen molar-refractivity contribution in [3.63, 3.8) is 0 Å². The average molecular weight is 499 g/mol. The number of aryl methyl sites for hydroxylation is 1. The van der Waals surface area contributed by atoms with Gasteiger partial charge in [0, 0.05) is 37.1 Å². The largest absolute Gasteiger partial charge is 0.492 e. The lowest BCUT2D eigenvalue weighted by Gasteiger charge is -2.39. The molecule has 1 aromatic carbocycles. The molecule has 2 aliphatic rings. The van der Waals surface area contributed by atoms with E-state index in [1.54, 1.807) is 19.1 Å². The van der Waals surface area contributed by atoms with Crippen molar-refractivity contribution >= 4 is 28.3 Å². The number of anilines is 2. The van der Waals surface area contributed by atoms with Crippen LogP contribution in [0.5, 0.6) is 5.88 Å². The van der Waals surface area contributed by atoms with E-state index in [-0.39, 0.29) is 29.3 Å². The van der Waals surface area contributed by atoms with Gasteiger partial charge in [-0.1, -0.05) is 18.2 Å². The van der Waals surface area contributed by atoms with Gasteiger partial charge in [-0.2, -0.15) is 5.10 Å². The van der Waals surface area contributed by atoms with Crippen LogP contribution in [0.25, 0.3) is 10.9 Å². The summed E-state index contributed by atoms with van der Waals surface area (Å²) in [7, 11) is 0. The van der Waals surface area contributed by atoms with E-state index in [0.29, 0.717) is 73.1 Å². The van der Waals surface area contributed by atoms with Gasteiger partial charge in [-0.3, -0.25) is 4.79 Å². The minimum Gasteiger partial charge on any atom is -0.492 e. The topological polar surface area (TPSA) is 104 Å². The number of aromatic nitrogens is 3. The number of hydrogen-bond acceptors (Lipinski definition) is 8. The number of fused-ring (bicyclic) bond motifs is 1. The van der Waals surface area contributed by atoms with E-state index in [1.807, 2.05) is 22.8 Å². The summed E-state index contributed by atoms with van der Waals surface area (Å²) in [5.74, 6) is 0.391. The van der Waals surface area contributed by atoms with Crippen molar-refractivity contribution in [1.82, 2.24) is 20.1 Å². The summed E-state index contributed by atoms with van der Waals surface area (Å²) in [4.78, 5) is 20.8. The lowest BCUT2D eigenvalue weighted by Crippen LogP contribution is -2.53. The Hall–Kier alpha value is -3.60. The fourth-order valence-electron chi connectivity index (χ4n) is 4.57. The summed E-state index contributed by atoms with van der Waals surface area (Å²) in [6.45, 7) is 6.77. The van der Waals surface area contributed by atoms with Crippen molar-refractivity contribution in [2.24, 2.45) is 5.92 Å². The van der Waals surface area contributed by atoms with E-state index in [2.05, 4.69) is 20.5 Å². The molecule has 190 valence electrons. The van der Waals surface area contributed by atoms with Gasteiger partial charge in [-0.15, -0.1) is 5.10 Å². The molecule has 5 rings (SSSR count). The predicted octanol–water partition coefficient (Wildman–Crippen LogP) is 3.44. The lowest BCUT2D eigenvalue weighted by atomic mass is 10.0. The highest BCUT2D eigenvalue weighted by Crippen LogP contribution is 2.35. The summed E-state index contributed by atoms with van der Waals surface area (Å²) in [6, 6.07) is 7.74. The van der Waals surface area contributed by atoms with Crippen LogP contribution in [0.15, 0.2) is 30.3 Å². The Morgan fingerprint density at radius 1 is 1.14 bits per heavy atom. The molecule has 2 aliphatic heterocycles. The number of hydrogen-bond donors (Lipinski definition) is 2. The van der Waals surface area contributed by atoms with Gasteiger partial charge in [0.2, 0.25) is 11.8 Å². The van der Waals surface area contributed by atoms with E-state index in [9.17, 15) is 18.7 Å². The highest BCUT2D eigenvalue weighted by molar-refractivity contribution is 5.93. The monoisotopic (exact) mass is 498 g/mol. The van der Waals surface area contributed by atoms with Crippen LogP contribution in [0.4, 0.5) is 20.3 Å². The minimum absolute atomic E-state index is 0.0441. The fraction of sp³-hybridized carbons (Fsp3) is 0.440. The number of ether oxygens (including phenoxy) is 1. The van der Waals surface area contributed by atoms with Gasteiger partial charge in [0.1, 0.15) is 11.2 Å². The summed E-state index contributed by atoms with van der Waals surface area (Å²) in [6.07, 6.45) is -2.55. The quantitative estimate of drug-likeness (QED) is 0.533. The number of pyridine rings is 1. The molecule has 11 heteroatoms. The maximum Gasteiger partial charge on any atom is 0.263 e. The van der Waals surface area contributed by atoms with Crippen molar-refractivity contribution in [2.75, 3.05) is 49.6 Å². The molecule has 0 radical (unpaired) electrons. The Morgan fingerprint density at radius 3 is 2.53 bits per heavy atom. The molecule has 0 aliphatic carbocycles. The number of amides is 1. The van der Waals surface area contributed by atoms with Crippen molar-refractivity contribution in [3.05, 3.63) is 47.2 Å². The fourth-order valence-corrected chi connectivity index (χ4v) is 4.57. The smallest absolute Gasteiger partial charge is 0.263 e. The van der Waals surface area contributed by atoms with Gasteiger partial charge in [0.25, 0.3) is 6.43 Å². The lowest BCUT2D eigenvalue weighted by molar-refractivity contribution is -0.150. The number of piperazine rings is 1. The van der Waals surface area contributed by atoms with E-state index in [1.165, 1.54) is 12.1 Å². The molecule has 2 N–H and O–H groups in total. The zero-order valence-electron chi connectivity index (χ0n) is 20.1. The molecule has 2 saturated heterocycles. The van der Waals surface area contributed by atoms with Crippen molar-refractivity contribution < 1.29 is 23.4 Å². The van der Waals surface area contributed by atoms with Crippen molar-refractivity contribution in [1.29, 1.82) is 0 Å². The number of nitrogens with one attached hydrogen (secondary N) is 1. The second-order valence-corrected chi connectivity index (χ2v) is 9.24. The number of benzene rings is 1. The normalized spacial score (nSPS) is 17.4. The molecule has 4 heterocycles. The number of carbonyl (C=O) groups excluding carboxylic acids is 1. The maximum atomic E-state index is 13.2. The molecule has 0 spiro atoms. The first kappa shape index (κ1) is 24.1. The summed E-state index contributed by atoms with van der Waals surface area (Å²) >= 11 is 0. The zero-order valence-corrected chi connectivity index (χ0v) is 20.1. The van der Waals surface area contributed by atoms with Crippen molar-refractivity contribution in [3.8, 4) is 5.88 Å². The average Bonchev–Trinajstić information content (AvgIpc) is 2.84. The maximum absolute atomic E-state index is 13.2. The van der Waals surface area contributed by atoms with Crippen molar-refractivity contribution in [2.45, 2.75) is 26.3 Å². The minimum atomic E-state index is -2.55. The molecule has 1 atom stereocenters. The number of rotatable bonds is 6. The van der Waals surface area contributed by atoms with E-state index >= 15 is 0 Å². The third-order valence-electron chi connectivity index (χ3n) is 6.82. The summed E-state index contributed by atoms with van der Waals surface area (Å²) in [5, 5.41) is 23.1. The summed E-state index contributed by atoms with van der Waals surface area (Å²) < 4.78 is 31.5. The van der Waals surface area contributed by atoms with Crippen LogP contribution in [0.2, 0.25) is 0 Å². The number of aromatic hydroxyl groups is 1. The Labute approximate surface area is 207 Å². The van der Waals surface area contributed by atoms with Crippen LogP contribution in [0.3, 0.4) is 0 Å². The van der Waals surface area contributed by atoms with Gasteiger partial charge < -0.3 is 25.0 Å². The Balaban J connectivity index is 1.39. The second-order valence-electron chi connectivity index (χ2n) is 9.24. The molecule has 0 saturated carbocycles. The SMILES string of the molecule is Cc1nnc(N[C@H](C)c2cccc(C(F)F)c2)c2cc(N3CCN(C(=O)C4COC4)CC3)c(O)nc12. The molecule has 0 bridgehead atoms. The van der Waals surface area contributed by atoms with Crippen LogP contribution >= 0.6 is 0 Å². The van der Waals surface area contributed by atoms with Crippen LogP contribution < -0.4 is 10.2 Å². The number of alkyl halides is 2.